The Morgan fingerprint density at radius 3 is 2.12 bits per heavy atom. The minimum absolute atomic E-state index is 0.121. The molecule has 0 heterocycles. The van der Waals surface area contributed by atoms with E-state index in [1.54, 1.807) is 20.8 Å². The van der Waals surface area contributed by atoms with E-state index >= 15 is 0 Å². The predicted molar refractivity (Wildman–Crippen MR) is 89.8 cm³/mol. The van der Waals surface area contributed by atoms with Crippen LogP contribution in [0, 0.1) is 0 Å². The van der Waals surface area contributed by atoms with Crippen LogP contribution in [0.4, 0.5) is 0 Å². The molecule has 1 atom stereocenters. The monoisotopic (exact) mass is 356 g/mol. The zero-order valence-corrected chi connectivity index (χ0v) is 15.5. The van der Waals surface area contributed by atoms with E-state index in [4.69, 9.17) is 9.47 Å². The number of ether oxygens (including phenoxy) is 2. The molecule has 0 spiro atoms. The normalized spacial score (nSPS) is 14.2. The second-order valence-electron chi connectivity index (χ2n) is 6.04. The van der Waals surface area contributed by atoms with Crippen molar-refractivity contribution >= 4 is 21.6 Å². The lowest BCUT2D eigenvalue weighted by atomic mass is 9.92. The number of carbonyl (C=O) groups is 2. The summed E-state index contributed by atoms with van der Waals surface area (Å²) >= 11 is 0. The molecule has 0 saturated carbocycles. The molecule has 0 saturated heterocycles. The quantitative estimate of drug-likeness (QED) is 0.525. The van der Waals surface area contributed by atoms with Crippen LogP contribution in [0.3, 0.4) is 0 Å². The van der Waals surface area contributed by atoms with Gasteiger partial charge in [0, 0.05) is 11.8 Å². The fourth-order valence-electron chi connectivity index (χ4n) is 1.95. The highest BCUT2D eigenvalue weighted by molar-refractivity contribution is 7.90. The third kappa shape index (κ3) is 5.42. The number of carbonyl (C=O) groups excluding carboxylic acids is 2. The second kappa shape index (κ2) is 7.90. The van der Waals surface area contributed by atoms with Crippen LogP contribution in [-0.4, -0.2) is 44.7 Å². The zero-order valence-electron chi connectivity index (χ0n) is 14.7. The summed E-state index contributed by atoms with van der Waals surface area (Å²) in [5.74, 6) is -1.00. The van der Waals surface area contributed by atoms with Crippen molar-refractivity contribution in [1.29, 1.82) is 0 Å². The first kappa shape index (κ1) is 20.3. The van der Waals surface area contributed by atoms with Gasteiger partial charge in [-0.25, -0.2) is 13.2 Å². The molecule has 7 heteroatoms. The van der Waals surface area contributed by atoms with Crippen molar-refractivity contribution in [3.63, 3.8) is 0 Å². The maximum absolute atomic E-state index is 12.7. The fourth-order valence-corrected chi connectivity index (χ4v) is 2.58. The minimum atomic E-state index is -3.33. The lowest BCUT2D eigenvalue weighted by Crippen LogP contribution is -2.41. The molecule has 1 aromatic carbocycles. The molecule has 1 aromatic rings. The Hall–Kier alpha value is -1.73. The van der Waals surface area contributed by atoms with Gasteiger partial charge in [0.1, 0.15) is 6.61 Å². The fraction of sp³-hybridized carbons (Fsp3) is 0.529. The molecule has 0 N–H and O–H groups in total. The molecule has 6 nitrogen and oxygen atoms in total. The van der Waals surface area contributed by atoms with Gasteiger partial charge in [-0.15, -0.1) is 0 Å². The van der Waals surface area contributed by atoms with E-state index in [0.717, 1.165) is 6.26 Å². The van der Waals surface area contributed by atoms with Gasteiger partial charge in [0.15, 0.2) is 15.4 Å². The third-order valence-electron chi connectivity index (χ3n) is 3.57. The summed E-state index contributed by atoms with van der Waals surface area (Å²) in [6.45, 7) is 6.63. The minimum Gasteiger partial charge on any atom is -0.449 e. The first-order valence-corrected chi connectivity index (χ1v) is 9.57. The van der Waals surface area contributed by atoms with E-state index in [-0.39, 0.29) is 35.4 Å². The number of hydrogen-bond acceptors (Lipinski definition) is 6. The average Bonchev–Trinajstić information content (AvgIpc) is 2.51. The Balaban J connectivity index is 2.94. The van der Waals surface area contributed by atoms with Gasteiger partial charge in [-0.3, -0.25) is 4.79 Å². The second-order valence-corrected chi connectivity index (χ2v) is 8.06. The van der Waals surface area contributed by atoms with Gasteiger partial charge in [-0.2, -0.15) is 0 Å². The number of hydrogen-bond donors (Lipinski definition) is 0. The Bertz CT molecular complexity index is 690. The van der Waals surface area contributed by atoms with Crippen molar-refractivity contribution in [2.75, 3.05) is 12.9 Å². The SMILES string of the molecule is CCC(C)(OC(=O)COC(C)C)C(=O)c1ccc(S(C)(=O)=O)cc1. The first-order valence-electron chi connectivity index (χ1n) is 7.68. The molecule has 0 amide bonds. The Kier molecular flexibility index (Phi) is 6.68. The van der Waals surface area contributed by atoms with Crippen molar-refractivity contribution in [2.45, 2.75) is 50.7 Å². The van der Waals surface area contributed by atoms with Gasteiger partial charge < -0.3 is 9.47 Å². The molecule has 0 aliphatic heterocycles. The molecule has 0 fully saturated rings. The van der Waals surface area contributed by atoms with E-state index in [2.05, 4.69) is 0 Å². The molecular weight excluding hydrogens is 332 g/mol. The predicted octanol–water partition coefficient (Wildman–Crippen LogP) is 2.41. The molecule has 0 aliphatic carbocycles. The number of sulfone groups is 1. The molecule has 0 aliphatic rings. The first-order chi connectivity index (χ1) is 11.0. The van der Waals surface area contributed by atoms with E-state index in [9.17, 15) is 18.0 Å². The maximum atomic E-state index is 12.7. The maximum Gasteiger partial charge on any atom is 0.333 e. The Labute approximate surface area is 143 Å². The van der Waals surface area contributed by atoms with E-state index in [1.165, 1.54) is 31.2 Å². The van der Waals surface area contributed by atoms with Gasteiger partial charge in [0.05, 0.1) is 11.0 Å². The average molecular weight is 356 g/mol. The van der Waals surface area contributed by atoms with Crippen LogP contribution in [-0.2, 0) is 24.1 Å². The van der Waals surface area contributed by atoms with Gasteiger partial charge in [0.25, 0.3) is 0 Å². The van der Waals surface area contributed by atoms with Crippen LogP contribution < -0.4 is 0 Å². The Morgan fingerprint density at radius 2 is 1.71 bits per heavy atom. The van der Waals surface area contributed by atoms with Crippen molar-refractivity contribution in [2.24, 2.45) is 0 Å². The van der Waals surface area contributed by atoms with Crippen LogP contribution in [0.2, 0.25) is 0 Å². The summed E-state index contributed by atoms with van der Waals surface area (Å²) in [6, 6.07) is 5.57. The van der Waals surface area contributed by atoms with Gasteiger partial charge >= 0.3 is 5.97 Å². The number of Topliss-reactive ketones (excluding diaryl/α,β-unsaturated/α-hetero) is 1. The van der Waals surface area contributed by atoms with Crippen molar-refractivity contribution in [3.8, 4) is 0 Å². The highest BCUT2D eigenvalue weighted by Gasteiger charge is 2.36. The molecule has 1 rings (SSSR count). The van der Waals surface area contributed by atoms with Crippen LogP contribution in [0.15, 0.2) is 29.2 Å². The molecule has 0 aromatic heterocycles. The van der Waals surface area contributed by atoms with Crippen LogP contribution in [0.25, 0.3) is 0 Å². The smallest absolute Gasteiger partial charge is 0.333 e. The van der Waals surface area contributed by atoms with E-state index < -0.39 is 21.4 Å². The van der Waals surface area contributed by atoms with Gasteiger partial charge in [0.2, 0.25) is 5.78 Å². The summed E-state index contributed by atoms with van der Waals surface area (Å²) in [5, 5.41) is 0. The molecule has 0 radical (unpaired) electrons. The molecule has 1 unspecified atom stereocenters. The number of esters is 1. The zero-order chi connectivity index (χ0) is 18.5. The standard InChI is InChI=1S/C17H24O6S/c1-6-17(4,23-15(18)11-22-12(2)3)16(19)13-7-9-14(10-8-13)24(5,20)21/h7-10,12H,6,11H2,1-5H3. The number of ketones is 1. The van der Waals surface area contributed by atoms with Crippen molar-refractivity contribution in [1.82, 2.24) is 0 Å². The number of benzene rings is 1. The van der Waals surface area contributed by atoms with Crippen molar-refractivity contribution < 1.29 is 27.5 Å². The van der Waals surface area contributed by atoms with Crippen LogP contribution in [0.1, 0.15) is 44.5 Å². The Morgan fingerprint density at radius 1 is 1.17 bits per heavy atom. The largest absolute Gasteiger partial charge is 0.449 e. The van der Waals surface area contributed by atoms with Crippen LogP contribution in [0.5, 0.6) is 0 Å². The summed E-state index contributed by atoms with van der Waals surface area (Å²) in [5.41, 5.74) is -1.05. The highest BCUT2D eigenvalue weighted by Crippen LogP contribution is 2.23. The number of rotatable bonds is 8. The van der Waals surface area contributed by atoms with Gasteiger partial charge in [-0.1, -0.05) is 6.92 Å². The lowest BCUT2D eigenvalue weighted by molar-refractivity contribution is -0.161. The van der Waals surface area contributed by atoms with E-state index in [1.807, 2.05) is 0 Å². The van der Waals surface area contributed by atoms with Gasteiger partial charge in [-0.05, 0) is 51.5 Å². The summed E-state index contributed by atoms with van der Waals surface area (Å²) in [6.07, 6.45) is 1.26. The molecule has 0 bridgehead atoms. The summed E-state index contributed by atoms with van der Waals surface area (Å²) in [4.78, 5) is 24.7. The molecule has 134 valence electrons. The topological polar surface area (TPSA) is 86.7 Å². The van der Waals surface area contributed by atoms with Crippen LogP contribution >= 0.6 is 0 Å². The third-order valence-corrected chi connectivity index (χ3v) is 4.70. The van der Waals surface area contributed by atoms with Crippen molar-refractivity contribution in [3.05, 3.63) is 29.8 Å². The summed E-state index contributed by atoms with van der Waals surface area (Å²) in [7, 11) is -3.33. The lowest BCUT2D eigenvalue weighted by Gasteiger charge is -2.27. The highest BCUT2D eigenvalue weighted by atomic mass is 32.2. The molecule has 24 heavy (non-hydrogen) atoms. The summed E-state index contributed by atoms with van der Waals surface area (Å²) < 4.78 is 33.4. The van der Waals surface area contributed by atoms with E-state index in [0.29, 0.717) is 0 Å². The molecular formula is C17H24O6S.